The minimum absolute atomic E-state index is 0.142. The maximum absolute atomic E-state index is 13.5. The minimum Gasteiger partial charge on any atom is -0.351 e. The maximum Gasteiger partial charge on any atom is 0.263 e. The molecule has 0 aliphatic carbocycles. The highest BCUT2D eigenvalue weighted by atomic mass is 32.1. The van der Waals surface area contributed by atoms with Crippen LogP contribution in [0.3, 0.4) is 0 Å². The highest BCUT2D eigenvalue weighted by Crippen LogP contribution is 2.19. The first-order valence-corrected chi connectivity index (χ1v) is 7.91. The van der Waals surface area contributed by atoms with E-state index in [1.807, 2.05) is 25.9 Å². The number of benzene rings is 1. The molecule has 1 aromatic carbocycles. The fourth-order valence-corrected chi connectivity index (χ4v) is 3.19. The van der Waals surface area contributed by atoms with Gasteiger partial charge in [0.05, 0.1) is 5.69 Å². The summed E-state index contributed by atoms with van der Waals surface area (Å²) in [7, 11) is 3.93. The number of hydrogen-bond acceptors (Lipinski definition) is 4. The molecule has 6 heteroatoms. The summed E-state index contributed by atoms with van der Waals surface area (Å²) in [5.74, 6) is -0.379. The smallest absolute Gasteiger partial charge is 0.263 e. The van der Waals surface area contributed by atoms with Crippen LogP contribution in [-0.4, -0.2) is 36.4 Å². The van der Waals surface area contributed by atoms with Crippen LogP contribution in [0.2, 0.25) is 0 Å². The van der Waals surface area contributed by atoms with Crippen LogP contribution in [0, 0.1) is 12.7 Å². The van der Waals surface area contributed by atoms with Crippen LogP contribution in [0.25, 0.3) is 0 Å². The lowest BCUT2D eigenvalue weighted by Gasteiger charge is -2.05. The van der Waals surface area contributed by atoms with Crippen molar-refractivity contribution in [3.63, 3.8) is 0 Å². The zero-order valence-corrected chi connectivity index (χ0v) is 13.8. The average molecular weight is 321 g/mol. The van der Waals surface area contributed by atoms with Crippen LogP contribution in [-0.2, 0) is 13.0 Å². The molecule has 1 aromatic heterocycles. The molecule has 4 nitrogen and oxygen atoms in total. The van der Waals surface area contributed by atoms with E-state index in [2.05, 4.69) is 10.3 Å². The molecule has 2 aromatic rings. The third-order valence-electron chi connectivity index (χ3n) is 3.14. The van der Waals surface area contributed by atoms with Gasteiger partial charge in [0.1, 0.15) is 15.7 Å². The van der Waals surface area contributed by atoms with Crippen molar-refractivity contribution in [2.24, 2.45) is 0 Å². The Morgan fingerprint density at radius 3 is 2.77 bits per heavy atom. The van der Waals surface area contributed by atoms with Gasteiger partial charge < -0.3 is 10.2 Å². The monoisotopic (exact) mass is 321 g/mol. The molecule has 0 unspecified atom stereocenters. The first-order valence-electron chi connectivity index (χ1n) is 7.10. The van der Waals surface area contributed by atoms with Crippen molar-refractivity contribution in [1.29, 1.82) is 0 Å². The predicted molar refractivity (Wildman–Crippen MR) is 86.7 cm³/mol. The van der Waals surface area contributed by atoms with E-state index in [0.29, 0.717) is 30.0 Å². The molecule has 0 atom stereocenters. The van der Waals surface area contributed by atoms with Gasteiger partial charge in [-0.3, -0.25) is 4.79 Å². The van der Waals surface area contributed by atoms with Crippen LogP contribution in [0.1, 0.15) is 25.9 Å². The molecule has 1 heterocycles. The average Bonchev–Trinajstić information content (AvgIpc) is 2.80. The zero-order valence-electron chi connectivity index (χ0n) is 13.0. The van der Waals surface area contributed by atoms with Crippen molar-refractivity contribution in [1.82, 2.24) is 15.2 Å². The molecular weight excluding hydrogens is 301 g/mol. The van der Waals surface area contributed by atoms with Gasteiger partial charge in [-0.25, -0.2) is 9.37 Å². The van der Waals surface area contributed by atoms with Gasteiger partial charge in [-0.1, -0.05) is 18.2 Å². The second-order valence-corrected chi connectivity index (χ2v) is 6.44. The number of nitrogens with one attached hydrogen (secondary N) is 1. The number of carbonyl (C=O) groups excluding carboxylic acids is 1. The Kier molecular flexibility index (Phi) is 5.63. The van der Waals surface area contributed by atoms with Gasteiger partial charge >= 0.3 is 0 Å². The van der Waals surface area contributed by atoms with Gasteiger partial charge in [0, 0.05) is 13.1 Å². The summed E-state index contributed by atoms with van der Waals surface area (Å²) < 4.78 is 13.5. The fourth-order valence-electron chi connectivity index (χ4n) is 2.09. The topological polar surface area (TPSA) is 45.2 Å². The number of halogens is 1. The lowest BCUT2D eigenvalue weighted by Crippen LogP contribution is -2.25. The summed E-state index contributed by atoms with van der Waals surface area (Å²) in [5, 5.41) is 3.75. The Bertz CT molecular complexity index is 655. The fraction of sp³-hybridized carbons (Fsp3) is 0.375. The van der Waals surface area contributed by atoms with Crippen LogP contribution < -0.4 is 5.32 Å². The van der Waals surface area contributed by atoms with E-state index >= 15 is 0 Å². The van der Waals surface area contributed by atoms with Crippen molar-refractivity contribution in [2.75, 3.05) is 20.6 Å². The largest absolute Gasteiger partial charge is 0.351 e. The Morgan fingerprint density at radius 1 is 1.36 bits per heavy atom. The molecule has 2 rings (SSSR count). The number of amides is 1. The van der Waals surface area contributed by atoms with Gasteiger partial charge in [-0.15, -0.1) is 11.3 Å². The predicted octanol–water partition coefficient (Wildman–Crippen LogP) is 2.62. The highest BCUT2D eigenvalue weighted by Gasteiger charge is 2.15. The van der Waals surface area contributed by atoms with Gasteiger partial charge in [0.2, 0.25) is 0 Å². The van der Waals surface area contributed by atoms with E-state index < -0.39 is 0 Å². The molecule has 0 aliphatic rings. The highest BCUT2D eigenvalue weighted by molar-refractivity contribution is 7.13. The second kappa shape index (κ2) is 7.47. The van der Waals surface area contributed by atoms with Gasteiger partial charge in [-0.2, -0.15) is 0 Å². The molecule has 0 saturated carbocycles. The summed E-state index contributed by atoms with van der Waals surface area (Å²) in [6.07, 6.45) is 0.473. The van der Waals surface area contributed by atoms with E-state index in [9.17, 15) is 9.18 Å². The molecule has 1 N–H and O–H groups in total. The number of thiazole rings is 1. The Labute approximate surface area is 134 Å². The molecule has 22 heavy (non-hydrogen) atoms. The minimum atomic E-state index is -0.237. The van der Waals surface area contributed by atoms with Crippen molar-refractivity contribution in [2.45, 2.75) is 19.9 Å². The first-order chi connectivity index (χ1) is 10.5. The van der Waals surface area contributed by atoms with Gasteiger partial charge in [0.15, 0.2) is 0 Å². The van der Waals surface area contributed by atoms with Crippen molar-refractivity contribution in [3.05, 3.63) is 51.2 Å². The summed E-state index contributed by atoms with van der Waals surface area (Å²) in [4.78, 5) is 19.2. The number of nitrogens with zero attached hydrogens (tertiary/aromatic N) is 2. The number of hydrogen-bond donors (Lipinski definition) is 1. The Morgan fingerprint density at radius 2 is 2.09 bits per heavy atom. The lowest BCUT2D eigenvalue weighted by molar-refractivity contribution is 0.0957. The van der Waals surface area contributed by atoms with E-state index in [-0.39, 0.29) is 11.7 Å². The van der Waals surface area contributed by atoms with Crippen molar-refractivity contribution < 1.29 is 9.18 Å². The Hall–Kier alpha value is -1.79. The third kappa shape index (κ3) is 4.35. The maximum atomic E-state index is 13.5. The third-order valence-corrected chi connectivity index (χ3v) is 4.28. The van der Waals surface area contributed by atoms with Crippen molar-refractivity contribution >= 4 is 17.2 Å². The normalized spacial score (nSPS) is 11.0. The molecule has 0 saturated heterocycles. The summed E-state index contributed by atoms with van der Waals surface area (Å²) in [6, 6.07) is 6.61. The van der Waals surface area contributed by atoms with Crippen LogP contribution in [0.5, 0.6) is 0 Å². The summed E-state index contributed by atoms with van der Waals surface area (Å²) in [6.45, 7) is 2.95. The molecule has 0 fully saturated rings. The van der Waals surface area contributed by atoms with Gasteiger partial charge in [0.25, 0.3) is 5.91 Å². The summed E-state index contributed by atoms with van der Waals surface area (Å²) >= 11 is 1.41. The van der Waals surface area contributed by atoms with E-state index in [1.165, 1.54) is 17.4 Å². The summed E-state index contributed by atoms with van der Waals surface area (Å²) in [5.41, 5.74) is 1.35. The molecule has 0 spiro atoms. The number of aromatic nitrogens is 1. The molecule has 118 valence electrons. The number of carbonyl (C=O) groups is 1. The Balaban J connectivity index is 1.92. The van der Waals surface area contributed by atoms with E-state index in [4.69, 9.17) is 0 Å². The molecule has 0 bridgehead atoms. The molecule has 0 radical (unpaired) electrons. The molecule has 0 aliphatic heterocycles. The quantitative estimate of drug-likeness (QED) is 0.889. The second-order valence-electron chi connectivity index (χ2n) is 5.36. The number of aryl methyl sites for hydroxylation is 1. The standard InChI is InChI=1S/C16H20FN3OS/c1-11-15(22-14(19-11)10-20(2)3)16(21)18-9-8-12-6-4-5-7-13(12)17/h4-7H,8-10H2,1-3H3,(H,18,21). The van der Waals surface area contributed by atoms with Crippen LogP contribution in [0.15, 0.2) is 24.3 Å². The molecule has 1 amide bonds. The zero-order chi connectivity index (χ0) is 16.1. The molecular formula is C16H20FN3OS. The van der Waals surface area contributed by atoms with Crippen molar-refractivity contribution in [3.8, 4) is 0 Å². The lowest BCUT2D eigenvalue weighted by atomic mass is 10.1. The first kappa shape index (κ1) is 16.6. The van der Waals surface area contributed by atoms with Gasteiger partial charge in [-0.05, 0) is 39.1 Å². The SMILES string of the molecule is Cc1nc(CN(C)C)sc1C(=O)NCCc1ccccc1F. The van der Waals surface area contributed by atoms with E-state index in [1.54, 1.807) is 18.2 Å². The van der Waals surface area contributed by atoms with E-state index in [0.717, 1.165) is 10.7 Å². The van der Waals surface area contributed by atoms with Crippen LogP contribution in [0.4, 0.5) is 4.39 Å². The van der Waals surface area contributed by atoms with Crippen LogP contribution >= 0.6 is 11.3 Å². The number of rotatable bonds is 6.